The van der Waals surface area contributed by atoms with Gasteiger partial charge in [0.2, 0.25) is 5.88 Å². The molecular weight excluding hydrogens is 416 g/mol. The lowest BCUT2D eigenvalue weighted by Crippen LogP contribution is -2.00. The van der Waals surface area contributed by atoms with Gasteiger partial charge >= 0.3 is 6.01 Å². The second-order valence-electron chi connectivity index (χ2n) is 7.13. The van der Waals surface area contributed by atoms with Gasteiger partial charge < -0.3 is 14.0 Å². The molecule has 0 saturated heterocycles. The molecule has 3 aromatic heterocycles. The van der Waals surface area contributed by atoms with E-state index in [4.69, 9.17) is 9.47 Å². The van der Waals surface area contributed by atoms with Crippen molar-refractivity contribution >= 4 is 0 Å². The monoisotopic (exact) mass is 437 g/mol. The highest BCUT2D eigenvalue weighted by Gasteiger charge is 2.15. The number of methoxy groups -OCH3 is 2. The minimum atomic E-state index is -2.49. The number of benzene rings is 1. The van der Waals surface area contributed by atoms with E-state index in [1.807, 2.05) is 42.1 Å². The quantitative estimate of drug-likeness (QED) is 0.417. The zero-order valence-corrected chi connectivity index (χ0v) is 17.8. The minimum Gasteiger partial charge on any atom is -0.480 e. The Morgan fingerprint density at radius 1 is 1.03 bits per heavy atom. The summed E-state index contributed by atoms with van der Waals surface area (Å²) >= 11 is 0. The van der Waals surface area contributed by atoms with Gasteiger partial charge in [-0.05, 0) is 30.7 Å². The summed E-state index contributed by atoms with van der Waals surface area (Å²) in [7, 11) is 2.99. The molecule has 3 heterocycles. The lowest BCUT2D eigenvalue weighted by molar-refractivity contribution is 0.151. The molecule has 1 aromatic carbocycles. The Morgan fingerprint density at radius 3 is 2.62 bits per heavy atom. The molecule has 4 aromatic rings. The van der Waals surface area contributed by atoms with E-state index in [1.165, 1.54) is 26.4 Å². The van der Waals surface area contributed by atoms with Crippen molar-refractivity contribution in [1.82, 2.24) is 24.7 Å². The highest BCUT2D eigenvalue weighted by molar-refractivity contribution is 5.73. The first-order valence-electron chi connectivity index (χ1n) is 9.81. The standard InChI is InChI=1S/C23H21F2N5O2/c1-14-18(10-20(29-28-14)19-11-26-23(32-3)27-22(19)31-2)17-7-8-30(13-17)12-15-5-4-6-16(9-15)21(24)25/h4-11,13,21H,12H2,1-3H3. The second kappa shape index (κ2) is 9.09. The summed E-state index contributed by atoms with van der Waals surface area (Å²) in [5.74, 6) is 0.331. The van der Waals surface area contributed by atoms with E-state index in [2.05, 4.69) is 20.2 Å². The summed E-state index contributed by atoms with van der Waals surface area (Å²) in [6, 6.07) is 10.5. The number of aromatic nitrogens is 5. The van der Waals surface area contributed by atoms with Crippen molar-refractivity contribution in [3.05, 3.63) is 71.8 Å². The average molecular weight is 437 g/mol. The van der Waals surface area contributed by atoms with Gasteiger partial charge in [-0.1, -0.05) is 18.2 Å². The molecule has 0 radical (unpaired) electrons. The molecule has 9 heteroatoms. The van der Waals surface area contributed by atoms with E-state index in [0.717, 1.165) is 22.4 Å². The summed E-state index contributed by atoms with van der Waals surface area (Å²) in [5.41, 5.74) is 4.53. The number of ether oxygens (including phenoxy) is 2. The summed E-state index contributed by atoms with van der Waals surface area (Å²) in [6.07, 6.45) is 2.94. The van der Waals surface area contributed by atoms with Gasteiger partial charge in [0.25, 0.3) is 6.43 Å². The van der Waals surface area contributed by atoms with Crippen LogP contribution in [-0.2, 0) is 6.54 Å². The number of hydrogen-bond acceptors (Lipinski definition) is 6. The van der Waals surface area contributed by atoms with Crippen LogP contribution in [0.3, 0.4) is 0 Å². The van der Waals surface area contributed by atoms with Gasteiger partial charge in [-0.3, -0.25) is 0 Å². The Kier molecular flexibility index (Phi) is 6.07. The number of hydrogen-bond donors (Lipinski definition) is 0. The number of rotatable bonds is 7. The summed E-state index contributed by atoms with van der Waals surface area (Å²) in [5, 5.41) is 8.56. The first-order chi connectivity index (χ1) is 15.5. The molecule has 0 aliphatic rings. The number of halogens is 2. The highest BCUT2D eigenvalue weighted by atomic mass is 19.3. The van der Waals surface area contributed by atoms with E-state index in [0.29, 0.717) is 23.7 Å². The van der Waals surface area contributed by atoms with Crippen LogP contribution >= 0.6 is 0 Å². The molecule has 7 nitrogen and oxygen atoms in total. The number of aryl methyl sites for hydroxylation is 1. The summed E-state index contributed by atoms with van der Waals surface area (Å²) in [4.78, 5) is 8.34. The van der Waals surface area contributed by atoms with Crippen LogP contribution in [0.25, 0.3) is 22.4 Å². The van der Waals surface area contributed by atoms with Gasteiger partial charge in [-0.15, -0.1) is 5.10 Å². The lowest BCUT2D eigenvalue weighted by atomic mass is 10.1. The van der Waals surface area contributed by atoms with Crippen molar-refractivity contribution in [2.45, 2.75) is 19.9 Å². The molecule has 4 rings (SSSR count). The smallest absolute Gasteiger partial charge is 0.319 e. The van der Waals surface area contributed by atoms with Gasteiger partial charge in [0.05, 0.1) is 25.5 Å². The van der Waals surface area contributed by atoms with Crippen LogP contribution in [-0.4, -0.2) is 39.0 Å². The molecule has 0 unspecified atom stereocenters. The molecule has 32 heavy (non-hydrogen) atoms. The van der Waals surface area contributed by atoms with Crippen molar-refractivity contribution in [1.29, 1.82) is 0 Å². The summed E-state index contributed by atoms with van der Waals surface area (Å²) in [6.45, 7) is 2.35. The molecule has 0 aliphatic heterocycles. The highest BCUT2D eigenvalue weighted by Crippen LogP contribution is 2.31. The molecular formula is C23H21F2N5O2. The van der Waals surface area contributed by atoms with Crippen LogP contribution in [0.4, 0.5) is 8.78 Å². The van der Waals surface area contributed by atoms with Crippen LogP contribution in [0.15, 0.2) is 55.0 Å². The number of alkyl halides is 2. The van der Waals surface area contributed by atoms with Crippen molar-refractivity contribution < 1.29 is 18.3 Å². The molecule has 0 spiro atoms. The van der Waals surface area contributed by atoms with E-state index in [9.17, 15) is 8.78 Å². The van der Waals surface area contributed by atoms with E-state index >= 15 is 0 Å². The SMILES string of the molecule is COc1ncc(-c2cc(-c3ccn(Cc4cccc(C(F)F)c4)c3)c(C)nn2)c(OC)n1. The molecule has 0 bridgehead atoms. The fourth-order valence-electron chi connectivity index (χ4n) is 3.39. The maximum Gasteiger partial charge on any atom is 0.319 e. The van der Waals surface area contributed by atoms with Gasteiger partial charge in [-0.2, -0.15) is 10.1 Å². The molecule has 0 aliphatic carbocycles. The second-order valence-corrected chi connectivity index (χ2v) is 7.13. The van der Waals surface area contributed by atoms with Crippen molar-refractivity contribution in [3.8, 4) is 34.3 Å². The molecule has 0 amide bonds. The Morgan fingerprint density at radius 2 is 1.88 bits per heavy atom. The minimum absolute atomic E-state index is 0.0179. The van der Waals surface area contributed by atoms with E-state index in [1.54, 1.807) is 12.3 Å². The van der Waals surface area contributed by atoms with Crippen molar-refractivity contribution in [2.75, 3.05) is 14.2 Å². The predicted octanol–water partition coefficient (Wildman–Crippen LogP) is 4.71. The van der Waals surface area contributed by atoms with Gasteiger partial charge in [-0.25, -0.2) is 13.8 Å². The zero-order chi connectivity index (χ0) is 22.7. The van der Waals surface area contributed by atoms with Crippen molar-refractivity contribution in [2.24, 2.45) is 0 Å². The third-order valence-electron chi connectivity index (χ3n) is 4.99. The molecule has 0 fully saturated rings. The first kappa shape index (κ1) is 21.4. The Balaban J connectivity index is 1.64. The predicted molar refractivity (Wildman–Crippen MR) is 115 cm³/mol. The van der Waals surface area contributed by atoms with Gasteiger partial charge in [0.1, 0.15) is 5.69 Å². The number of nitrogens with zero attached hydrogens (tertiary/aromatic N) is 5. The van der Waals surface area contributed by atoms with Crippen molar-refractivity contribution in [3.63, 3.8) is 0 Å². The average Bonchev–Trinajstić information content (AvgIpc) is 3.27. The molecule has 0 N–H and O–H groups in total. The largest absolute Gasteiger partial charge is 0.480 e. The lowest BCUT2D eigenvalue weighted by Gasteiger charge is -2.10. The normalized spacial score (nSPS) is 11.1. The molecule has 164 valence electrons. The topological polar surface area (TPSA) is 75.0 Å². The fraction of sp³-hybridized carbons (Fsp3) is 0.217. The zero-order valence-electron chi connectivity index (χ0n) is 17.8. The van der Waals surface area contributed by atoms with Crippen LogP contribution in [0, 0.1) is 6.92 Å². The fourth-order valence-corrected chi connectivity index (χ4v) is 3.39. The third kappa shape index (κ3) is 4.41. The molecule has 0 atom stereocenters. The first-order valence-corrected chi connectivity index (χ1v) is 9.81. The Hall–Kier alpha value is -3.88. The van der Waals surface area contributed by atoms with Crippen LogP contribution in [0.2, 0.25) is 0 Å². The van der Waals surface area contributed by atoms with Gasteiger partial charge in [0, 0.05) is 41.8 Å². The third-order valence-corrected chi connectivity index (χ3v) is 4.99. The van der Waals surface area contributed by atoms with E-state index in [-0.39, 0.29) is 11.6 Å². The maximum absolute atomic E-state index is 13.0. The van der Waals surface area contributed by atoms with Crippen LogP contribution < -0.4 is 9.47 Å². The maximum atomic E-state index is 13.0. The van der Waals surface area contributed by atoms with Crippen LogP contribution in [0.5, 0.6) is 11.9 Å². The Bertz CT molecular complexity index is 1240. The molecule has 0 saturated carbocycles. The Labute approximate surface area is 183 Å². The van der Waals surface area contributed by atoms with E-state index < -0.39 is 6.43 Å². The summed E-state index contributed by atoms with van der Waals surface area (Å²) < 4.78 is 38.3. The van der Waals surface area contributed by atoms with Gasteiger partial charge in [0.15, 0.2) is 0 Å². The van der Waals surface area contributed by atoms with Crippen LogP contribution in [0.1, 0.15) is 23.2 Å².